The number of ether oxygens (including phenoxy) is 1. The Kier molecular flexibility index (Phi) is 7.47. The normalized spacial score (nSPS) is 18.9. The van der Waals surface area contributed by atoms with E-state index in [9.17, 15) is 9.59 Å². The van der Waals surface area contributed by atoms with Crippen molar-refractivity contribution in [3.05, 3.63) is 47.5 Å². The Labute approximate surface area is 150 Å². The third-order valence-corrected chi connectivity index (χ3v) is 4.40. The molecule has 0 heterocycles. The molecule has 0 N–H and O–H groups in total. The average Bonchev–Trinajstić information content (AvgIpc) is 3.06. The van der Waals surface area contributed by atoms with Gasteiger partial charge < -0.3 is 4.74 Å². The molecule has 1 aliphatic rings. The molecular formula is C22H26O3. The summed E-state index contributed by atoms with van der Waals surface area (Å²) in [6, 6.07) is 9.23. The first-order valence-electron chi connectivity index (χ1n) is 9.13. The minimum atomic E-state index is -0.367. The van der Waals surface area contributed by atoms with Crippen LogP contribution in [0.25, 0.3) is 0 Å². The summed E-state index contributed by atoms with van der Waals surface area (Å²) in [5.41, 5.74) is 1.21. The Bertz CT molecular complexity index is 676. The number of carbonyl (C=O) groups is 2. The lowest BCUT2D eigenvalue weighted by Crippen LogP contribution is -2.23. The van der Waals surface area contributed by atoms with E-state index in [0.717, 1.165) is 25.7 Å². The second-order valence-corrected chi connectivity index (χ2v) is 6.21. The van der Waals surface area contributed by atoms with Crippen LogP contribution >= 0.6 is 0 Å². The van der Waals surface area contributed by atoms with Gasteiger partial charge in [0.1, 0.15) is 0 Å². The molecule has 132 valence electrons. The van der Waals surface area contributed by atoms with Crippen molar-refractivity contribution in [3.63, 3.8) is 0 Å². The first-order chi connectivity index (χ1) is 12.2. The van der Waals surface area contributed by atoms with Crippen LogP contribution in [-0.2, 0) is 9.53 Å². The fourth-order valence-electron chi connectivity index (χ4n) is 3.06. The topological polar surface area (TPSA) is 43.4 Å². The van der Waals surface area contributed by atoms with Gasteiger partial charge in [0.25, 0.3) is 0 Å². The number of benzene rings is 1. The minimum Gasteiger partial charge on any atom is -0.463 e. The highest BCUT2D eigenvalue weighted by Gasteiger charge is 2.37. The van der Waals surface area contributed by atoms with Gasteiger partial charge in [0.2, 0.25) is 0 Å². The van der Waals surface area contributed by atoms with Crippen LogP contribution in [0.4, 0.5) is 0 Å². The van der Waals surface area contributed by atoms with E-state index < -0.39 is 0 Å². The fourth-order valence-corrected chi connectivity index (χ4v) is 3.06. The molecule has 0 bridgehead atoms. The summed E-state index contributed by atoms with van der Waals surface area (Å²) in [4.78, 5) is 25.1. The number of esters is 1. The van der Waals surface area contributed by atoms with E-state index in [4.69, 9.17) is 4.74 Å². The number of ketones is 1. The summed E-state index contributed by atoms with van der Waals surface area (Å²) in [5, 5.41) is 0. The maximum Gasteiger partial charge on any atom is 0.334 e. The van der Waals surface area contributed by atoms with Gasteiger partial charge in [-0.2, -0.15) is 0 Å². The van der Waals surface area contributed by atoms with E-state index in [1.807, 2.05) is 36.4 Å². The molecule has 0 saturated heterocycles. The van der Waals surface area contributed by atoms with Crippen molar-refractivity contribution in [2.45, 2.75) is 46.0 Å². The van der Waals surface area contributed by atoms with E-state index in [1.165, 1.54) is 0 Å². The van der Waals surface area contributed by atoms with E-state index in [1.54, 1.807) is 6.92 Å². The number of hydrogen-bond donors (Lipinski definition) is 0. The molecule has 0 amide bonds. The molecule has 3 heteroatoms. The van der Waals surface area contributed by atoms with Gasteiger partial charge in [0.15, 0.2) is 5.78 Å². The second-order valence-electron chi connectivity index (χ2n) is 6.21. The molecule has 2 rings (SSSR count). The summed E-state index contributed by atoms with van der Waals surface area (Å²) in [7, 11) is 0. The van der Waals surface area contributed by atoms with Crippen molar-refractivity contribution in [1.82, 2.24) is 0 Å². The molecule has 3 nitrogen and oxygen atoms in total. The van der Waals surface area contributed by atoms with E-state index >= 15 is 0 Å². The molecule has 2 atom stereocenters. The van der Waals surface area contributed by atoms with Crippen molar-refractivity contribution in [2.75, 3.05) is 6.61 Å². The molecule has 25 heavy (non-hydrogen) atoms. The zero-order valence-corrected chi connectivity index (χ0v) is 15.1. The molecule has 1 aromatic rings. The van der Waals surface area contributed by atoms with Crippen molar-refractivity contribution in [1.29, 1.82) is 0 Å². The standard InChI is InChI=1S/C22H26O3/c1-3-5-6-7-11-14-18-19(15-16-20(18)22(24)25-4-2)21(23)17-12-9-8-10-13-17/h8-10,12-13,16,18-19H,3-7,15H2,1-2H3. The summed E-state index contributed by atoms with van der Waals surface area (Å²) in [5.74, 6) is 5.39. The zero-order chi connectivity index (χ0) is 18.1. The van der Waals surface area contributed by atoms with Crippen LogP contribution in [0.3, 0.4) is 0 Å². The lowest BCUT2D eigenvalue weighted by Gasteiger charge is -2.16. The Balaban J connectivity index is 2.18. The van der Waals surface area contributed by atoms with Gasteiger partial charge in [0, 0.05) is 23.5 Å². The monoisotopic (exact) mass is 338 g/mol. The maximum absolute atomic E-state index is 12.9. The predicted octanol–water partition coefficient (Wildman–Crippen LogP) is 4.58. The van der Waals surface area contributed by atoms with Gasteiger partial charge >= 0.3 is 5.97 Å². The average molecular weight is 338 g/mol. The summed E-state index contributed by atoms with van der Waals surface area (Å²) in [6.07, 6.45) is 6.50. The van der Waals surface area contributed by atoms with E-state index in [2.05, 4.69) is 18.8 Å². The van der Waals surface area contributed by atoms with E-state index in [0.29, 0.717) is 24.2 Å². The summed E-state index contributed by atoms with van der Waals surface area (Å²) < 4.78 is 5.15. The van der Waals surface area contributed by atoms with Crippen molar-refractivity contribution in [3.8, 4) is 11.8 Å². The molecule has 0 aliphatic heterocycles. The molecule has 2 unspecified atom stereocenters. The molecule has 0 saturated carbocycles. The Morgan fingerprint density at radius 3 is 2.60 bits per heavy atom. The predicted molar refractivity (Wildman–Crippen MR) is 99.0 cm³/mol. The highest BCUT2D eigenvalue weighted by atomic mass is 16.5. The molecular weight excluding hydrogens is 312 g/mol. The summed E-state index contributed by atoms with van der Waals surface area (Å²) in [6.45, 7) is 4.26. The molecule has 0 fully saturated rings. The Morgan fingerprint density at radius 2 is 1.92 bits per heavy atom. The Hall–Kier alpha value is -2.34. The first kappa shape index (κ1) is 19.0. The van der Waals surface area contributed by atoms with Gasteiger partial charge in [-0.1, -0.05) is 62.1 Å². The largest absolute Gasteiger partial charge is 0.463 e. The first-order valence-corrected chi connectivity index (χ1v) is 9.13. The number of allylic oxidation sites excluding steroid dienone is 1. The summed E-state index contributed by atoms with van der Waals surface area (Å²) >= 11 is 0. The highest BCUT2D eigenvalue weighted by molar-refractivity contribution is 6.01. The van der Waals surface area contributed by atoms with Crippen LogP contribution in [-0.4, -0.2) is 18.4 Å². The fraction of sp³-hybridized carbons (Fsp3) is 0.455. The SMILES string of the molecule is CCCCCC#CC1C(C(=O)OCC)=CCC1C(=O)c1ccccc1. The lowest BCUT2D eigenvalue weighted by molar-refractivity contribution is -0.138. The molecule has 0 spiro atoms. The smallest absolute Gasteiger partial charge is 0.334 e. The highest BCUT2D eigenvalue weighted by Crippen LogP contribution is 2.35. The van der Waals surface area contributed by atoms with Crippen LogP contribution in [0.1, 0.15) is 56.3 Å². The third kappa shape index (κ3) is 5.06. The minimum absolute atomic E-state index is 0.0454. The zero-order valence-electron chi connectivity index (χ0n) is 15.1. The van der Waals surface area contributed by atoms with Crippen LogP contribution in [0.5, 0.6) is 0 Å². The van der Waals surface area contributed by atoms with Crippen molar-refractivity contribution in [2.24, 2.45) is 11.8 Å². The van der Waals surface area contributed by atoms with Crippen LogP contribution in [0, 0.1) is 23.7 Å². The second kappa shape index (κ2) is 9.84. The number of hydrogen-bond acceptors (Lipinski definition) is 3. The van der Waals surface area contributed by atoms with Crippen LogP contribution < -0.4 is 0 Å². The number of Topliss-reactive ketones (excluding diaryl/α,β-unsaturated/α-hetero) is 1. The maximum atomic E-state index is 12.9. The lowest BCUT2D eigenvalue weighted by atomic mass is 9.85. The quantitative estimate of drug-likeness (QED) is 0.316. The van der Waals surface area contributed by atoms with Crippen molar-refractivity contribution < 1.29 is 14.3 Å². The van der Waals surface area contributed by atoms with Gasteiger partial charge in [-0.3, -0.25) is 4.79 Å². The number of rotatable bonds is 7. The van der Waals surface area contributed by atoms with Gasteiger partial charge in [-0.25, -0.2) is 4.79 Å². The Morgan fingerprint density at radius 1 is 1.16 bits per heavy atom. The molecule has 0 aromatic heterocycles. The molecule has 1 aromatic carbocycles. The number of unbranched alkanes of at least 4 members (excludes halogenated alkanes) is 3. The van der Waals surface area contributed by atoms with Crippen LogP contribution in [0.15, 0.2) is 42.0 Å². The van der Waals surface area contributed by atoms with Crippen molar-refractivity contribution >= 4 is 11.8 Å². The van der Waals surface area contributed by atoms with Gasteiger partial charge in [0.05, 0.1) is 12.5 Å². The molecule has 0 radical (unpaired) electrons. The number of carbonyl (C=O) groups excluding carboxylic acids is 2. The van der Waals surface area contributed by atoms with E-state index in [-0.39, 0.29) is 23.6 Å². The van der Waals surface area contributed by atoms with Crippen LogP contribution in [0.2, 0.25) is 0 Å². The van der Waals surface area contributed by atoms with Gasteiger partial charge in [-0.15, -0.1) is 5.92 Å². The van der Waals surface area contributed by atoms with Gasteiger partial charge in [-0.05, 0) is 19.8 Å². The third-order valence-electron chi connectivity index (χ3n) is 4.40. The molecule has 1 aliphatic carbocycles.